The van der Waals surface area contributed by atoms with Gasteiger partial charge in [0.25, 0.3) is 0 Å². The Bertz CT molecular complexity index is 995. The van der Waals surface area contributed by atoms with Crippen LogP contribution in [0.3, 0.4) is 0 Å². The van der Waals surface area contributed by atoms with E-state index in [2.05, 4.69) is 35.9 Å². The van der Waals surface area contributed by atoms with Crippen LogP contribution in [0.1, 0.15) is 37.5 Å². The van der Waals surface area contributed by atoms with Gasteiger partial charge in [-0.1, -0.05) is 56.3 Å². The molecule has 2 heterocycles. The Balaban J connectivity index is 1.73. The van der Waals surface area contributed by atoms with Crippen molar-refractivity contribution in [3.63, 3.8) is 0 Å². The van der Waals surface area contributed by atoms with Crippen molar-refractivity contribution in [2.24, 2.45) is 5.92 Å². The van der Waals surface area contributed by atoms with Crippen LogP contribution in [0.5, 0.6) is 11.9 Å². The van der Waals surface area contributed by atoms with E-state index in [0.29, 0.717) is 12.5 Å². The van der Waals surface area contributed by atoms with Crippen LogP contribution in [0.4, 0.5) is 0 Å². The van der Waals surface area contributed by atoms with Gasteiger partial charge in [-0.05, 0) is 18.1 Å². The third-order valence-corrected chi connectivity index (χ3v) is 5.80. The van der Waals surface area contributed by atoms with Gasteiger partial charge in [0, 0.05) is 11.5 Å². The lowest BCUT2D eigenvalue weighted by molar-refractivity contribution is -0.0331. The lowest BCUT2D eigenvalue weighted by atomic mass is 9.93. The van der Waals surface area contributed by atoms with Crippen molar-refractivity contribution in [2.75, 3.05) is 14.2 Å². The van der Waals surface area contributed by atoms with E-state index < -0.39 is 0 Å². The quantitative estimate of drug-likeness (QED) is 0.564. The Morgan fingerprint density at radius 1 is 0.967 bits per heavy atom. The van der Waals surface area contributed by atoms with Crippen molar-refractivity contribution in [1.29, 1.82) is 0 Å². The predicted octanol–water partition coefficient (Wildman–Crippen LogP) is 4.72. The molecule has 3 aromatic rings. The van der Waals surface area contributed by atoms with E-state index in [1.807, 2.05) is 36.4 Å². The van der Waals surface area contributed by atoms with Gasteiger partial charge in [0.15, 0.2) is 0 Å². The monoisotopic (exact) mass is 408 g/mol. The number of methoxy groups -OCH3 is 2. The molecule has 4 atom stereocenters. The molecule has 2 aromatic carbocycles. The Hall–Kier alpha value is -2.70. The predicted molar refractivity (Wildman–Crippen MR) is 115 cm³/mol. The summed E-state index contributed by atoms with van der Waals surface area (Å²) in [5.41, 5.74) is 2.88. The molecule has 1 saturated heterocycles. The number of rotatable bonds is 7. The van der Waals surface area contributed by atoms with Gasteiger partial charge in [-0.2, -0.15) is 9.97 Å². The Labute approximate surface area is 177 Å². The second-order valence-electron chi connectivity index (χ2n) is 7.59. The number of ether oxygens (including phenoxy) is 4. The Morgan fingerprint density at radius 2 is 1.77 bits per heavy atom. The first kappa shape index (κ1) is 20.6. The van der Waals surface area contributed by atoms with E-state index in [9.17, 15) is 0 Å². The zero-order valence-corrected chi connectivity index (χ0v) is 17.9. The van der Waals surface area contributed by atoms with Gasteiger partial charge in [-0.25, -0.2) is 0 Å². The Morgan fingerprint density at radius 3 is 2.47 bits per heavy atom. The minimum Gasteiger partial charge on any atom is -0.480 e. The molecule has 4 rings (SSSR count). The summed E-state index contributed by atoms with van der Waals surface area (Å²) in [6.07, 6.45) is 0.723. The summed E-state index contributed by atoms with van der Waals surface area (Å²) in [6, 6.07) is 16.5. The van der Waals surface area contributed by atoms with Crippen LogP contribution in [0.25, 0.3) is 10.9 Å². The van der Waals surface area contributed by atoms with Crippen molar-refractivity contribution >= 4 is 10.9 Å². The smallest absolute Gasteiger partial charge is 0.320 e. The summed E-state index contributed by atoms with van der Waals surface area (Å²) in [5, 5.41) is 0.828. The number of nitrogens with zero attached hydrogens (tertiary/aromatic N) is 2. The minimum absolute atomic E-state index is 0.0901. The SMILES string of the molecule is CC[C@H]1O[C@@H](c2cccc3c(OC)nc(OC)nc23)[C@H](OCc2ccccc2)[C@@H]1C. The molecule has 30 heavy (non-hydrogen) atoms. The van der Waals surface area contributed by atoms with Crippen molar-refractivity contribution in [2.45, 2.75) is 45.2 Å². The normalized spacial score (nSPS) is 23.6. The van der Waals surface area contributed by atoms with Crippen molar-refractivity contribution in [3.8, 4) is 11.9 Å². The van der Waals surface area contributed by atoms with E-state index in [0.717, 1.165) is 28.5 Å². The summed E-state index contributed by atoms with van der Waals surface area (Å²) in [4.78, 5) is 8.95. The number of para-hydroxylation sites is 1. The van der Waals surface area contributed by atoms with Crippen molar-refractivity contribution < 1.29 is 18.9 Å². The van der Waals surface area contributed by atoms with Crippen molar-refractivity contribution in [3.05, 3.63) is 59.7 Å². The zero-order chi connectivity index (χ0) is 21.1. The topological polar surface area (TPSA) is 62.7 Å². The van der Waals surface area contributed by atoms with E-state index >= 15 is 0 Å². The van der Waals surface area contributed by atoms with Gasteiger partial charge in [-0.15, -0.1) is 0 Å². The van der Waals surface area contributed by atoms with Crippen LogP contribution in [0, 0.1) is 5.92 Å². The number of hydrogen-bond acceptors (Lipinski definition) is 6. The zero-order valence-electron chi connectivity index (χ0n) is 17.9. The van der Waals surface area contributed by atoms with Crippen LogP contribution in [-0.4, -0.2) is 36.4 Å². The molecule has 0 radical (unpaired) electrons. The van der Waals surface area contributed by atoms with Gasteiger partial charge < -0.3 is 18.9 Å². The van der Waals surface area contributed by atoms with E-state index in [1.165, 1.54) is 0 Å². The largest absolute Gasteiger partial charge is 0.480 e. The van der Waals surface area contributed by atoms with Crippen LogP contribution in [0.15, 0.2) is 48.5 Å². The van der Waals surface area contributed by atoms with Gasteiger partial charge in [0.05, 0.1) is 43.9 Å². The fraction of sp³-hybridized carbons (Fsp3) is 0.417. The van der Waals surface area contributed by atoms with Gasteiger partial charge in [0.1, 0.15) is 6.10 Å². The standard InChI is InChI=1S/C24H28N2O4/c1-5-19-15(2)21(29-14-16-10-7-6-8-11-16)22(30-19)17-12-9-13-18-20(17)25-24(28-4)26-23(18)27-3/h6-13,15,19,21-22H,5,14H2,1-4H3/t15-,19-,21-,22+/m1/s1. The van der Waals surface area contributed by atoms with Gasteiger partial charge >= 0.3 is 6.01 Å². The second kappa shape index (κ2) is 8.98. The molecule has 6 nitrogen and oxygen atoms in total. The van der Waals surface area contributed by atoms with Crippen LogP contribution in [-0.2, 0) is 16.1 Å². The molecule has 6 heteroatoms. The van der Waals surface area contributed by atoms with Crippen molar-refractivity contribution in [1.82, 2.24) is 9.97 Å². The number of fused-ring (bicyclic) bond motifs is 1. The lowest BCUT2D eigenvalue weighted by Crippen LogP contribution is -2.25. The van der Waals surface area contributed by atoms with Gasteiger partial charge in [0.2, 0.25) is 5.88 Å². The first-order valence-corrected chi connectivity index (χ1v) is 10.4. The fourth-order valence-corrected chi connectivity index (χ4v) is 4.20. The second-order valence-corrected chi connectivity index (χ2v) is 7.59. The molecule has 1 fully saturated rings. The molecule has 0 bridgehead atoms. The molecule has 0 aliphatic carbocycles. The molecule has 0 saturated carbocycles. The fourth-order valence-electron chi connectivity index (χ4n) is 4.20. The van der Waals surface area contributed by atoms with E-state index in [-0.39, 0.29) is 30.2 Å². The molecule has 0 unspecified atom stereocenters. The highest BCUT2D eigenvalue weighted by Crippen LogP contribution is 2.43. The summed E-state index contributed by atoms with van der Waals surface area (Å²) < 4.78 is 23.7. The Kier molecular flexibility index (Phi) is 6.16. The van der Waals surface area contributed by atoms with Crippen LogP contribution < -0.4 is 9.47 Å². The highest BCUT2D eigenvalue weighted by molar-refractivity contribution is 5.87. The van der Waals surface area contributed by atoms with Gasteiger partial charge in [-0.3, -0.25) is 0 Å². The number of aromatic nitrogens is 2. The molecular weight excluding hydrogens is 380 g/mol. The minimum atomic E-state index is -0.235. The number of benzene rings is 2. The van der Waals surface area contributed by atoms with Crippen LogP contribution in [0.2, 0.25) is 0 Å². The number of hydrogen-bond donors (Lipinski definition) is 0. The molecule has 0 amide bonds. The third-order valence-electron chi connectivity index (χ3n) is 5.80. The molecule has 1 aliphatic heterocycles. The maximum absolute atomic E-state index is 6.50. The highest BCUT2D eigenvalue weighted by atomic mass is 16.6. The molecule has 0 spiro atoms. The molecule has 1 aromatic heterocycles. The molecule has 158 valence electrons. The highest BCUT2D eigenvalue weighted by Gasteiger charge is 2.43. The summed E-state index contributed by atoms with van der Waals surface area (Å²) in [7, 11) is 3.15. The summed E-state index contributed by atoms with van der Waals surface area (Å²) >= 11 is 0. The average Bonchev–Trinajstić information content (AvgIpc) is 3.12. The first-order valence-electron chi connectivity index (χ1n) is 10.4. The lowest BCUT2D eigenvalue weighted by Gasteiger charge is -2.23. The maximum Gasteiger partial charge on any atom is 0.320 e. The maximum atomic E-state index is 6.50. The molecular formula is C24H28N2O4. The summed E-state index contributed by atoms with van der Waals surface area (Å²) in [5.74, 6) is 0.739. The molecule has 1 aliphatic rings. The van der Waals surface area contributed by atoms with E-state index in [4.69, 9.17) is 18.9 Å². The summed E-state index contributed by atoms with van der Waals surface area (Å²) in [6.45, 7) is 4.89. The average molecular weight is 408 g/mol. The third kappa shape index (κ3) is 3.85. The molecule has 0 N–H and O–H groups in total. The van der Waals surface area contributed by atoms with Crippen LogP contribution >= 0.6 is 0 Å². The van der Waals surface area contributed by atoms with E-state index in [1.54, 1.807) is 14.2 Å². The first-order chi connectivity index (χ1) is 14.7.